The number of rotatable bonds is 16. The first-order chi connectivity index (χ1) is 13.6. The Morgan fingerprint density at radius 1 is 0.929 bits per heavy atom. The zero-order valence-electron chi connectivity index (χ0n) is 17.8. The maximum Gasteiger partial charge on any atom is 0.270 e. The van der Waals surface area contributed by atoms with E-state index in [0.29, 0.717) is 5.56 Å². The van der Waals surface area contributed by atoms with E-state index in [1.54, 1.807) is 0 Å². The molecule has 5 heteroatoms. The lowest BCUT2D eigenvalue weighted by molar-refractivity contribution is -0.384. The molecule has 5 nitrogen and oxygen atoms in total. The van der Waals surface area contributed by atoms with E-state index in [0.717, 1.165) is 38.8 Å². The van der Waals surface area contributed by atoms with Crippen LogP contribution in [0.2, 0.25) is 0 Å². The molecule has 1 aromatic carbocycles. The summed E-state index contributed by atoms with van der Waals surface area (Å²) in [6.07, 6.45) is 14.1. The summed E-state index contributed by atoms with van der Waals surface area (Å²) in [6.45, 7) is 5.85. The number of unbranched alkanes of at least 4 members (excludes halogenated alkanes) is 10. The van der Waals surface area contributed by atoms with Crippen molar-refractivity contribution >= 4 is 11.6 Å². The Morgan fingerprint density at radius 2 is 1.43 bits per heavy atom. The first-order valence-corrected chi connectivity index (χ1v) is 11.1. The third kappa shape index (κ3) is 9.86. The van der Waals surface area contributed by atoms with Gasteiger partial charge in [-0.3, -0.25) is 14.9 Å². The van der Waals surface area contributed by atoms with Crippen molar-refractivity contribution in [1.82, 2.24) is 4.90 Å². The van der Waals surface area contributed by atoms with E-state index in [1.807, 2.05) is 4.90 Å². The number of amides is 1. The zero-order chi connectivity index (χ0) is 20.6. The minimum Gasteiger partial charge on any atom is -0.339 e. The van der Waals surface area contributed by atoms with Gasteiger partial charge in [-0.25, -0.2) is 0 Å². The molecule has 0 atom stereocenters. The van der Waals surface area contributed by atoms with Crippen molar-refractivity contribution in [2.45, 2.75) is 90.9 Å². The van der Waals surface area contributed by atoms with E-state index in [9.17, 15) is 14.9 Å². The topological polar surface area (TPSA) is 63.5 Å². The highest BCUT2D eigenvalue weighted by atomic mass is 16.6. The normalized spacial score (nSPS) is 10.8. The van der Waals surface area contributed by atoms with Gasteiger partial charge in [-0.2, -0.15) is 0 Å². The van der Waals surface area contributed by atoms with Gasteiger partial charge in [-0.15, -0.1) is 0 Å². The van der Waals surface area contributed by atoms with Crippen LogP contribution >= 0.6 is 0 Å². The largest absolute Gasteiger partial charge is 0.339 e. The monoisotopic (exact) mass is 389 g/mol. The predicted molar refractivity (Wildman–Crippen MR) is 115 cm³/mol. The highest BCUT2D eigenvalue weighted by Gasteiger charge is 2.18. The number of nitrogens with zero attached hydrogens (tertiary/aromatic N) is 2. The second kappa shape index (κ2) is 15.1. The van der Waals surface area contributed by atoms with E-state index in [-0.39, 0.29) is 11.6 Å². The van der Waals surface area contributed by atoms with Gasteiger partial charge in [0.2, 0.25) is 0 Å². The summed E-state index contributed by atoms with van der Waals surface area (Å²) in [6, 6.07) is 7.08. The Hall–Kier alpha value is -1.91. The molecule has 0 aromatic heterocycles. The smallest absolute Gasteiger partial charge is 0.270 e. The van der Waals surface area contributed by atoms with Crippen LogP contribution in [-0.4, -0.2) is 28.8 Å². The van der Waals surface area contributed by atoms with Crippen LogP contribution in [0, 0.1) is 16.2 Å². The summed E-state index contributed by atoms with van der Waals surface area (Å²) in [7, 11) is 0. The van der Waals surface area contributed by atoms with Crippen molar-refractivity contribution in [3.8, 4) is 0 Å². The standard InChI is InChI=1S/C23H37N2O3/c1-3-5-7-9-11-13-18-24(19-14-12-10-8-6-4-2)23(26)21-16-15-17-22(20-21)25(27)28/h15,17,20H,3-14,18-19H2,1-2H3. The zero-order valence-corrected chi connectivity index (χ0v) is 17.8. The lowest BCUT2D eigenvalue weighted by Crippen LogP contribution is -2.33. The number of nitro benzene ring substituents is 1. The second-order valence-electron chi connectivity index (χ2n) is 7.55. The first-order valence-electron chi connectivity index (χ1n) is 11.1. The van der Waals surface area contributed by atoms with Gasteiger partial charge in [0.15, 0.2) is 0 Å². The Bertz CT molecular complexity index is 559. The Balaban J connectivity index is 2.60. The maximum absolute atomic E-state index is 12.9. The van der Waals surface area contributed by atoms with Crippen molar-refractivity contribution in [2.75, 3.05) is 13.1 Å². The number of hydrogen-bond acceptors (Lipinski definition) is 3. The average molecular weight is 390 g/mol. The van der Waals surface area contributed by atoms with Gasteiger partial charge >= 0.3 is 0 Å². The molecule has 1 amide bonds. The van der Waals surface area contributed by atoms with Gasteiger partial charge in [0.05, 0.1) is 10.5 Å². The molecule has 0 bridgehead atoms. The number of non-ortho nitro benzene ring substituents is 1. The van der Waals surface area contributed by atoms with Gasteiger partial charge in [0.25, 0.3) is 11.6 Å². The van der Waals surface area contributed by atoms with E-state index in [2.05, 4.69) is 19.9 Å². The summed E-state index contributed by atoms with van der Waals surface area (Å²) >= 11 is 0. The highest BCUT2D eigenvalue weighted by Crippen LogP contribution is 2.16. The molecular formula is C23H37N2O3. The number of carbonyl (C=O) groups is 1. The fraction of sp³-hybridized carbons (Fsp3) is 0.696. The quantitative estimate of drug-likeness (QED) is 0.183. The predicted octanol–water partition coefficient (Wildman–Crippen LogP) is 6.56. The lowest BCUT2D eigenvalue weighted by atomic mass is 10.1. The molecule has 157 valence electrons. The maximum atomic E-state index is 12.9. The molecule has 0 fully saturated rings. The van der Waals surface area contributed by atoms with Crippen molar-refractivity contribution in [1.29, 1.82) is 0 Å². The van der Waals surface area contributed by atoms with Gasteiger partial charge in [0.1, 0.15) is 0 Å². The van der Waals surface area contributed by atoms with Crippen molar-refractivity contribution in [3.05, 3.63) is 39.9 Å². The van der Waals surface area contributed by atoms with Crippen LogP contribution in [0.3, 0.4) is 0 Å². The molecule has 0 N–H and O–H groups in total. The summed E-state index contributed by atoms with van der Waals surface area (Å²) in [5.74, 6) is -0.134. The molecule has 0 unspecified atom stereocenters. The molecule has 1 rings (SSSR count). The SMILES string of the molecule is CCCCCCCCN(CCCCCCCC)C(=O)c1[c]ccc([N+](=O)[O-])c1. The van der Waals surface area contributed by atoms with Crippen LogP contribution in [0.4, 0.5) is 5.69 Å². The molecular weight excluding hydrogens is 352 g/mol. The number of carbonyl (C=O) groups excluding carboxylic acids is 1. The summed E-state index contributed by atoms with van der Waals surface area (Å²) in [5.41, 5.74) is 0.243. The van der Waals surface area contributed by atoms with Gasteiger partial charge in [0, 0.05) is 25.2 Å². The molecule has 0 heterocycles. The van der Waals surface area contributed by atoms with E-state index in [1.165, 1.54) is 69.6 Å². The highest BCUT2D eigenvalue weighted by molar-refractivity contribution is 5.94. The molecule has 1 aromatic rings. The third-order valence-corrected chi connectivity index (χ3v) is 5.08. The first kappa shape index (κ1) is 24.1. The van der Waals surface area contributed by atoms with Crippen LogP contribution in [-0.2, 0) is 0 Å². The van der Waals surface area contributed by atoms with Crippen LogP contribution in [0.5, 0.6) is 0 Å². The fourth-order valence-corrected chi connectivity index (χ4v) is 3.34. The minimum absolute atomic E-state index is 0.0545. The summed E-state index contributed by atoms with van der Waals surface area (Å²) in [4.78, 5) is 25.3. The van der Waals surface area contributed by atoms with Crippen LogP contribution < -0.4 is 0 Å². The fourth-order valence-electron chi connectivity index (χ4n) is 3.34. The average Bonchev–Trinajstić information content (AvgIpc) is 2.71. The number of hydrogen-bond donors (Lipinski definition) is 0. The molecule has 1 radical (unpaired) electrons. The van der Waals surface area contributed by atoms with E-state index >= 15 is 0 Å². The van der Waals surface area contributed by atoms with E-state index < -0.39 is 4.92 Å². The van der Waals surface area contributed by atoms with Crippen LogP contribution in [0.1, 0.15) is 101 Å². The summed E-state index contributed by atoms with van der Waals surface area (Å²) in [5, 5.41) is 11.0. The number of benzene rings is 1. The Kier molecular flexibility index (Phi) is 13.0. The minimum atomic E-state index is -0.462. The third-order valence-electron chi connectivity index (χ3n) is 5.08. The second-order valence-corrected chi connectivity index (χ2v) is 7.55. The van der Waals surface area contributed by atoms with Gasteiger partial charge in [-0.05, 0) is 25.0 Å². The van der Waals surface area contributed by atoms with Crippen LogP contribution in [0.15, 0.2) is 18.2 Å². The van der Waals surface area contributed by atoms with Crippen molar-refractivity contribution < 1.29 is 9.72 Å². The molecule has 0 saturated heterocycles. The lowest BCUT2D eigenvalue weighted by Gasteiger charge is -2.23. The molecule has 0 aliphatic carbocycles. The molecule has 0 aliphatic heterocycles. The Labute approximate surface area is 170 Å². The molecule has 0 aliphatic rings. The van der Waals surface area contributed by atoms with E-state index in [4.69, 9.17) is 0 Å². The number of nitro groups is 1. The van der Waals surface area contributed by atoms with Crippen LogP contribution in [0.25, 0.3) is 0 Å². The molecule has 0 spiro atoms. The van der Waals surface area contributed by atoms with Crippen molar-refractivity contribution in [3.63, 3.8) is 0 Å². The van der Waals surface area contributed by atoms with Gasteiger partial charge in [-0.1, -0.05) is 78.1 Å². The Morgan fingerprint density at radius 3 is 1.93 bits per heavy atom. The summed E-state index contributed by atoms with van der Waals surface area (Å²) < 4.78 is 0. The molecule has 28 heavy (non-hydrogen) atoms. The van der Waals surface area contributed by atoms with Crippen molar-refractivity contribution in [2.24, 2.45) is 0 Å². The molecule has 0 saturated carbocycles. The van der Waals surface area contributed by atoms with Gasteiger partial charge < -0.3 is 4.90 Å².